The van der Waals surface area contributed by atoms with Crippen LogP contribution in [0.5, 0.6) is 0 Å². The highest BCUT2D eigenvalue weighted by atomic mass is 16.3. The minimum atomic E-state index is -0.174. The number of rotatable bonds is 6. The SMILES string of the molecule is O=C(NCc1ccc(CN2CCCC2)cc1)NCc1ccoc1. The summed E-state index contributed by atoms with van der Waals surface area (Å²) in [6.07, 6.45) is 5.85. The molecule has 1 saturated heterocycles. The van der Waals surface area contributed by atoms with Crippen LogP contribution in [0.25, 0.3) is 0 Å². The van der Waals surface area contributed by atoms with Crippen LogP contribution >= 0.6 is 0 Å². The number of nitrogens with zero attached hydrogens (tertiary/aromatic N) is 1. The number of amides is 2. The molecule has 1 aromatic heterocycles. The van der Waals surface area contributed by atoms with Crippen LogP contribution in [0.2, 0.25) is 0 Å². The van der Waals surface area contributed by atoms with Gasteiger partial charge in [-0.15, -0.1) is 0 Å². The average molecular weight is 313 g/mol. The number of hydrogen-bond donors (Lipinski definition) is 2. The van der Waals surface area contributed by atoms with Gasteiger partial charge in [-0.25, -0.2) is 4.79 Å². The standard InChI is InChI=1S/C18H23N3O2/c22-18(20-12-17-7-10-23-14-17)19-11-15-3-5-16(6-4-15)13-21-8-1-2-9-21/h3-7,10,14H,1-2,8-9,11-13H2,(H2,19,20,22). The number of carbonyl (C=O) groups excluding carboxylic acids is 1. The summed E-state index contributed by atoms with van der Waals surface area (Å²) in [5, 5.41) is 5.66. The molecule has 2 heterocycles. The van der Waals surface area contributed by atoms with E-state index in [0.29, 0.717) is 13.1 Å². The highest BCUT2D eigenvalue weighted by Gasteiger charge is 2.11. The third-order valence-electron chi connectivity index (χ3n) is 4.11. The first-order valence-corrected chi connectivity index (χ1v) is 8.12. The number of benzene rings is 1. The maximum atomic E-state index is 11.7. The van der Waals surface area contributed by atoms with Crippen molar-refractivity contribution in [3.8, 4) is 0 Å². The summed E-state index contributed by atoms with van der Waals surface area (Å²) in [6.45, 7) is 4.44. The molecule has 1 aromatic carbocycles. The van der Waals surface area contributed by atoms with Crippen molar-refractivity contribution < 1.29 is 9.21 Å². The third kappa shape index (κ3) is 4.86. The first-order valence-electron chi connectivity index (χ1n) is 8.12. The fourth-order valence-electron chi connectivity index (χ4n) is 2.78. The zero-order valence-corrected chi connectivity index (χ0v) is 13.3. The van der Waals surface area contributed by atoms with E-state index in [4.69, 9.17) is 4.42 Å². The van der Waals surface area contributed by atoms with Crippen LogP contribution < -0.4 is 10.6 Å². The summed E-state index contributed by atoms with van der Waals surface area (Å²) < 4.78 is 4.96. The normalized spacial score (nSPS) is 14.8. The smallest absolute Gasteiger partial charge is 0.315 e. The van der Waals surface area contributed by atoms with Gasteiger partial charge in [0.15, 0.2) is 0 Å². The van der Waals surface area contributed by atoms with E-state index in [-0.39, 0.29) is 6.03 Å². The monoisotopic (exact) mass is 313 g/mol. The second kappa shape index (κ2) is 7.83. The van der Waals surface area contributed by atoms with Gasteiger partial charge in [0.25, 0.3) is 0 Å². The molecular formula is C18H23N3O2. The molecule has 2 aromatic rings. The Morgan fingerprint density at radius 3 is 2.26 bits per heavy atom. The van der Waals surface area contributed by atoms with Crippen molar-refractivity contribution in [2.24, 2.45) is 0 Å². The van der Waals surface area contributed by atoms with Gasteiger partial charge in [-0.3, -0.25) is 4.90 Å². The lowest BCUT2D eigenvalue weighted by molar-refractivity contribution is 0.240. The lowest BCUT2D eigenvalue weighted by Crippen LogP contribution is -2.34. The van der Waals surface area contributed by atoms with E-state index < -0.39 is 0 Å². The number of furan rings is 1. The second-order valence-electron chi connectivity index (χ2n) is 5.97. The fourth-order valence-corrected chi connectivity index (χ4v) is 2.78. The lowest BCUT2D eigenvalue weighted by Gasteiger charge is -2.14. The van der Waals surface area contributed by atoms with Gasteiger partial charge >= 0.3 is 6.03 Å². The first-order chi connectivity index (χ1) is 11.3. The summed E-state index contributed by atoms with van der Waals surface area (Å²) in [6, 6.07) is 10.1. The van der Waals surface area contributed by atoms with Gasteiger partial charge in [0.05, 0.1) is 12.5 Å². The Balaban J connectivity index is 1.40. The molecule has 5 nitrogen and oxygen atoms in total. The van der Waals surface area contributed by atoms with E-state index in [9.17, 15) is 4.79 Å². The zero-order chi connectivity index (χ0) is 15.9. The molecule has 0 radical (unpaired) electrons. The highest BCUT2D eigenvalue weighted by Crippen LogP contribution is 2.13. The maximum absolute atomic E-state index is 11.7. The summed E-state index contributed by atoms with van der Waals surface area (Å²) in [4.78, 5) is 14.2. The van der Waals surface area contributed by atoms with Crippen molar-refractivity contribution in [2.75, 3.05) is 13.1 Å². The summed E-state index contributed by atoms with van der Waals surface area (Å²) in [5.74, 6) is 0. The van der Waals surface area contributed by atoms with Crippen LogP contribution in [0.1, 0.15) is 29.5 Å². The Morgan fingerprint density at radius 2 is 1.61 bits per heavy atom. The third-order valence-corrected chi connectivity index (χ3v) is 4.11. The quantitative estimate of drug-likeness (QED) is 0.862. The van der Waals surface area contributed by atoms with E-state index in [0.717, 1.165) is 17.7 Å². The average Bonchev–Trinajstić information content (AvgIpc) is 3.26. The molecule has 1 aliphatic heterocycles. The van der Waals surface area contributed by atoms with Gasteiger partial charge in [0.2, 0.25) is 0 Å². The first kappa shape index (κ1) is 15.6. The van der Waals surface area contributed by atoms with Gasteiger partial charge in [-0.2, -0.15) is 0 Å². The second-order valence-corrected chi connectivity index (χ2v) is 5.97. The van der Waals surface area contributed by atoms with Crippen LogP contribution in [0, 0.1) is 0 Å². The molecule has 122 valence electrons. The summed E-state index contributed by atoms with van der Waals surface area (Å²) in [7, 11) is 0. The number of nitrogens with one attached hydrogen (secondary N) is 2. The molecule has 1 fully saturated rings. The Hall–Kier alpha value is -2.27. The Bertz CT molecular complexity index is 602. The van der Waals surface area contributed by atoms with Crippen molar-refractivity contribution in [1.29, 1.82) is 0 Å². The zero-order valence-electron chi connectivity index (χ0n) is 13.3. The Labute approximate surface area is 136 Å². The molecule has 0 unspecified atom stereocenters. The molecule has 0 atom stereocenters. The maximum Gasteiger partial charge on any atom is 0.315 e. The molecule has 2 amide bonds. The summed E-state index contributed by atoms with van der Waals surface area (Å²) >= 11 is 0. The van der Waals surface area contributed by atoms with Crippen LogP contribution in [0.4, 0.5) is 4.79 Å². The van der Waals surface area contributed by atoms with Crippen LogP contribution in [0.3, 0.4) is 0 Å². The summed E-state index contributed by atoms with van der Waals surface area (Å²) in [5.41, 5.74) is 3.39. The minimum Gasteiger partial charge on any atom is -0.472 e. The predicted octanol–water partition coefficient (Wildman–Crippen LogP) is 2.87. The van der Waals surface area contributed by atoms with Gasteiger partial charge in [-0.05, 0) is 43.1 Å². The lowest BCUT2D eigenvalue weighted by atomic mass is 10.1. The molecule has 1 aliphatic rings. The van der Waals surface area contributed by atoms with Crippen LogP contribution in [0.15, 0.2) is 47.3 Å². The molecular weight excluding hydrogens is 290 g/mol. The van der Waals surface area contributed by atoms with Gasteiger partial charge in [-0.1, -0.05) is 24.3 Å². The van der Waals surface area contributed by atoms with E-state index in [1.54, 1.807) is 12.5 Å². The number of urea groups is 1. The largest absolute Gasteiger partial charge is 0.472 e. The molecule has 0 spiro atoms. The van der Waals surface area contributed by atoms with Crippen molar-refractivity contribution in [1.82, 2.24) is 15.5 Å². The minimum absolute atomic E-state index is 0.174. The van der Waals surface area contributed by atoms with Crippen molar-refractivity contribution >= 4 is 6.03 Å². The number of hydrogen-bond acceptors (Lipinski definition) is 3. The fraction of sp³-hybridized carbons (Fsp3) is 0.389. The van der Waals surface area contributed by atoms with Crippen LogP contribution in [-0.4, -0.2) is 24.0 Å². The van der Waals surface area contributed by atoms with Gasteiger partial charge in [0, 0.05) is 25.2 Å². The topological polar surface area (TPSA) is 57.5 Å². The van der Waals surface area contributed by atoms with Crippen LogP contribution in [-0.2, 0) is 19.6 Å². The molecule has 0 saturated carbocycles. The van der Waals surface area contributed by atoms with E-state index in [2.05, 4.69) is 39.8 Å². The van der Waals surface area contributed by atoms with Crippen molar-refractivity contribution in [3.05, 3.63) is 59.5 Å². The highest BCUT2D eigenvalue weighted by molar-refractivity contribution is 5.73. The molecule has 2 N–H and O–H groups in total. The molecule has 5 heteroatoms. The van der Waals surface area contributed by atoms with Gasteiger partial charge < -0.3 is 15.1 Å². The predicted molar refractivity (Wildman–Crippen MR) is 88.7 cm³/mol. The molecule has 0 bridgehead atoms. The Kier molecular flexibility index (Phi) is 5.32. The van der Waals surface area contributed by atoms with E-state index in [1.165, 1.54) is 31.5 Å². The Morgan fingerprint density at radius 1 is 0.957 bits per heavy atom. The number of carbonyl (C=O) groups is 1. The van der Waals surface area contributed by atoms with E-state index in [1.807, 2.05) is 6.07 Å². The van der Waals surface area contributed by atoms with Crippen molar-refractivity contribution in [2.45, 2.75) is 32.5 Å². The molecule has 23 heavy (non-hydrogen) atoms. The van der Waals surface area contributed by atoms with E-state index >= 15 is 0 Å². The van der Waals surface area contributed by atoms with Crippen molar-refractivity contribution in [3.63, 3.8) is 0 Å². The molecule has 0 aliphatic carbocycles. The van der Waals surface area contributed by atoms with Gasteiger partial charge in [0.1, 0.15) is 0 Å². The number of likely N-dealkylation sites (tertiary alicyclic amines) is 1. The molecule has 3 rings (SSSR count).